The first-order valence-corrected chi connectivity index (χ1v) is 12.6. The Bertz CT molecular complexity index is 245. The maximum Gasteiger partial charge on any atom is 0.101 e. The van der Waals surface area contributed by atoms with Gasteiger partial charge in [-0.3, -0.25) is 0 Å². The van der Waals surface area contributed by atoms with Crippen molar-refractivity contribution < 1.29 is 14.6 Å². The van der Waals surface area contributed by atoms with Crippen molar-refractivity contribution in [3.05, 3.63) is 0 Å². The summed E-state index contributed by atoms with van der Waals surface area (Å²) in [4.78, 5) is 0. The number of hydrogen-bond donors (Lipinski definition) is 1. The lowest BCUT2D eigenvalue weighted by Gasteiger charge is -2.12. The van der Waals surface area contributed by atoms with E-state index in [1.807, 2.05) is 0 Å². The van der Waals surface area contributed by atoms with Gasteiger partial charge in [-0.05, 0) is 12.8 Å². The molecule has 0 atom stereocenters. The first kappa shape index (κ1) is 27.9. The molecule has 0 aromatic rings. The van der Waals surface area contributed by atoms with Crippen LogP contribution in [-0.4, -0.2) is 37.6 Å². The van der Waals surface area contributed by atoms with Gasteiger partial charge in [0.2, 0.25) is 0 Å². The third kappa shape index (κ3) is 23.9. The molecule has 0 aromatic heterocycles. The summed E-state index contributed by atoms with van der Waals surface area (Å²) < 4.78 is 11.2. The molecule has 0 aliphatic rings. The summed E-state index contributed by atoms with van der Waals surface area (Å²) in [5.41, 5.74) is 0. The van der Waals surface area contributed by atoms with Gasteiger partial charge in [0.25, 0.3) is 0 Å². The number of unbranched alkanes of at least 4 members (excludes halogenated alkanes) is 16. The molecule has 28 heavy (non-hydrogen) atoms. The molecule has 1 N–H and O–H groups in total. The van der Waals surface area contributed by atoms with Gasteiger partial charge in [0.1, 0.15) is 6.10 Å². The highest BCUT2D eigenvalue weighted by Crippen LogP contribution is 2.10. The smallest absolute Gasteiger partial charge is 0.101 e. The molecule has 0 rings (SSSR count). The van der Waals surface area contributed by atoms with Crippen LogP contribution in [0.2, 0.25) is 0 Å². The third-order valence-electron chi connectivity index (χ3n) is 5.40. The average molecular weight is 401 g/mol. The molecule has 0 saturated heterocycles. The summed E-state index contributed by atoms with van der Waals surface area (Å²) in [7, 11) is 0. The molecular weight excluding hydrogens is 348 g/mol. The van der Waals surface area contributed by atoms with Crippen molar-refractivity contribution in [3.8, 4) is 0 Å². The number of hydrogen-bond acceptors (Lipinski definition) is 3. The molecule has 3 nitrogen and oxygen atoms in total. The van der Waals surface area contributed by atoms with E-state index >= 15 is 0 Å². The van der Waals surface area contributed by atoms with Gasteiger partial charge in [-0.1, -0.05) is 117 Å². The summed E-state index contributed by atoms with van der Waals surface area (Å²) in [6.07, 6.45) is 23.4. The third-order valence-corrected chi connectivity index (χ3v) is 5.40. The zero-order valence-corrected chi connectivity index (χ0v) is 19.4. The van der Waals surface area contributed by atoms with E-state index in [2.05, 4.69) is 13.8 Å². The Labute approximate surface area is 177 Å². The van der Waals surface area contributed by atoms with Crippen molar-refractivity contribution in [2.45, 2.75) is 136 Å². The maximum absolute atomic E-state index is 9.89. The normalized spacial score (nSPS) is 11.6. The van der Waals surface area contributed by atoms with Crippen LogP contribution in [0.4, 0.5) is 0 Å². The Balaban J connectivity index is 3.12. The lowest BCUT2D eigenvalue weighted by Crippen LogP contribution is -2.22. The second kappa shape index (κ2) is 24.9. The fraction of sp³-hybridized carbons (Fsp3) is 1.00. The van der Waals surface area contributed by atoms with E-state index in [9.17, 15) is 5.11 Å². The molecule has 0 fully saturated rings. The molecule has 0 aromatic carbocycles. The van der Waals surface area contributed by atoms with Crippen molar-refractivity contribution >= 4 is 0 Å². The Morgan fingerprint density at radius 1 is 0.464 bits per heavy atom. The highest BCUT2D eigenvalue weighted by atomic mass is 16.5. The van der Waals surface area contributed by atoms with E-state index in [1.165, 1.54) is 103 Å². The van der Waals surface area contributed by atoms with E-state index in [4.69, 9.17) is 9.47 Å². The first-order valence-electron chi connectivity index (χ1n) is 12.6. The molecule has 0 amide bonds. The van der Waals surface area contributed by atoms with Crippen molar-refractivity contribution in [1.82, 2.24) is 0 Å². The van der Waals surface area contributed by atoms with Crippen molar-refractivity contribution in [2.75, 3.05) is 26.4 Å². The van der Waals surface area contributed by atoms with Gasteiger partial charge >= 0.3 is 0 Å². The van der Waals surface area contributed by atoms with Crippen LogP contribution in [0.1, 0.15) is 129 Å². The minimum absolute atomic E-state index is 0.411. The standard InChI is InChI=1S/C25H52O3/c1-3-5-7-9-11-13-15-17-19-21-27-23-25(26)24-28-22-20-18-16-14-12-10-8-6-4-2/h25-26H,3-24H2,1-2H3. The fourth-order valence-corrected chi connectivity index (χ4v) is 3.52. The van der Waals surface area contributed by atoms with E-state index in [-0.39, 0.29) is 0 Å². The highest BCUT2D eigenvalue weighted by molar-refractivity contribution is 4.53. The van der Waals surface area contributed by atoms with Gasteiger partial charge in [0.15, 0.2) is 0 Å². The summed E-state index contributed by atoms with van der Waals surface area (Å²) in [6.45, 7) is 6.89. The van der Waals surface area contributed by atoms with Gasteiger partial charge in [-0.25, -0.2) is 0 Å². The maximum atomic E-state index is 9.89. The van der Waals surface area contributed by atoms with Crippen LogP contribution >= 0.6 is 0 Å². The average Bonchev–Trinajstić information content (AvgIpc) is 2.70. The van der Waals surface area contributed by atoms with Crippen LogP contribution in [0, 0.1) is 0 Å². The molecule has 170 valence electrons. The number of rotatable bonds is 24. The SMILES string of the molecule is CCCCCCCCCCCOCC(O)COCCCCCCCCCCC. The predicted molar refractivity (Wildman–Crippen MR) is 122 cm³/mol. The van der Waals surface area contributed by atoms with Crippen molar-refractivity contribution in [3.63, 3.8) is 0 Å². The van der Waals surface area contributed by atoms with Crippen LogP contribution in [-0.2, 0) is 9.47 Å². The number of ether oxygens (including phenoxy) is 2. The molecule has 0 saturated carbocycles. The molecule has 0 radical (unpaired) electrons. The quantitative estimate of drug-likeness (QED) is 0.171. The first-order chi connectivity index (χ1) is 13.8. The largest absolute Gasteiger partial charge is 0.388 e. The van der Waals surface area contributed by atoms with Gasteiger partial charge in [0, 0.05) is 13.2 Å². The zero-order valence-electron chi connectivity index (χ0n) is 19.4. The molecular formula is C25H52O3. The van der Waals surface area contributed by atoms with Gasteiger partial charge in [-0.15, -0.1) is 0 Å². The molecule has 0 spiro atoms. The zero-order chi connectivity index (χ0) is 20.5. The second-order valence-corrected chi connectivity index (χ2v) is 8.46. The van der Waals surface area contributed by atoms with E-state index in [0.29, 0.717) is 13.2 Å². The predicted octanol–water partition coefficient (Wildman–Crippen LogP) is 7.44. The summed E-state index contributed by atoms with van der Waals surface area (Å²) in [6, 6.07) is 0. The molecule has 0 unspecified atom stereocenters. The molecule has 0 aliphatic carbocycles. The lowest BCUT2D eigenvalue weighted by atomic mass is 10.1. The Kier molecular flexibility index (Phi) is 24.8. The van der Waals surface area contributed by atoms with Gasteiger partial charge in [-0.2, -0.15) is 0 Å². The van der Waals surface area contributed by atoms with Gasteiger partial charge in [0.05, 0.1) is 13.2 Å². The minimum atomic E-state index is -0.475. The van der Waals surface area contributed by atoms with Crippen LogP contribution in [0.15, 0.2) is 0 Å². The summed E-state index contributed by atoms with van der Waals surface area (Å²) in [5.74, 6) is 0. The van der Waals surface area contributed by atoms with Crippen molar-refractivity contribution in [1.29, 1.82) is 0 Å². The second-order valence-electron chi connectivity index (χ2n) is 8.46. The Morgan fingerprint density at radius 2 is 0.750 bits per heavy atom. The van der Waals surface area contributed by atoms with Crippen molar-refractivity contribution in [2.24, 2.45) is 0 Å². The topological polar surface area (TPSA) is 38.7 Å². The number of aliphatic hydroxyl groups is 1. The lowest BCUT2D eigenvalue weighted by molar-refractivity contribution is -0.0201. The Hall–Kier alpha value is -0.120. The van der Waals surface area contributed by atoms with Crippen LogP contribution in [0.25, 0.3) is 0 Å². The highest BCUT2D eigenvalue weighted by Gasteiger charge is 2.04. The molecule has 3 heteroatoms. The summed E-state index contributed by atoms with van der Waals surface area (Å²) >= 11 is 0. The van der Waals surface area contributed by atoms with E-state index < -0.39 is 6.10 Å². The minimum Gasteiger partial charge on any atom is -0.388 e. The van der Waals surface area contributed by atoms with Crippen LogP contribution in [0.3, 0.4) is 0 Å². The van der Waals surface area contributed by atoms with Crippen LogP contribution in [0.5, 0.6) is 0 Å². The van der Waals surface area contributed by atoms with E-state index in [1.54, 1.807) is 0 Å². The number of aliphatic hydroxyl groups excluding tert-OH is 1. The molecule has 0 bridgehead atoms. The van der Waals surface area contributed by atoms with Gasteiger partial charge < -0.3 is 14.6 Å². The monoisotopic (exact) mass is 400 g/mol. The van der Waals surface area contributed by atoms with Crippen LogP contribution < -0.4 is 0 Å². The summed E-state index contributed by atoms with van der Waals surface area (Å²) in [5, 5.41) is 9.89. The fourth-order valence-electron chi connectivity index (χ4n) is 3.52. The Morgan fingerprint density at radius 3 is 1.07 bits per heavy atom. The van der Waals surface area contributed by atoms with E-state index in [0.717, 1.165) is 26.1 Å². The molecule has 0 aliphatic heterocycles. The molecule has 0 heterocycles.